The van der Waals surface area contributed by atoms with E-state index in [2.05, 4.69) is 9.88 Å². The minimum atomic E-state index is -0.291. The first kappa shape index (κ1) is 12.2. The predicted octanol–water partition coefficient (Wildman–Crippen LogP) is 2.02. The molecule has 0 amide bonds. The van der Waals surface area contributed by atoms with Crippen LogP contribution in [-0.2, 0) is 11.3 Å². The quantitative estimate of drug-likeness (QED) is 0.805. The van der Waals surface area contributed by atoms with Gasteiger partial charge in [0.1, 0.15) is 11.6 Å². The lowest BCUT2D eigenvalue weighted by molar-refractivity contribution is -0.122. The van der Waals surface area contributed by atoms with Crippen LogP contribution in [0.4, 0.5) is 4.39 Å². The van der Waals surface area contributed by atoms with Gasteiger partial charge in [0.25, 0.3) is 0 Å². The number of ketones is 1. The van der Waals surface area contributed by atoms with Crippen molar-refractivity contribution in [2.45, 2.75) is 26.3 Å². The van der Waals surface area contributed by atoms with Crippen molar-refractivity contribution in [1.82, 2.24) is 9.88 Å². The Bertz CT molecular complexity index is 400. The van der Waals surface area contributed by atoms with E-state index in [9.17, 15) is 9.18 Å². The maximum absolute atomic E-state index is 13.0. The normalized spacial score (nSPS) is 18.2. The van der Waals surface area contributed by atoms with Gasteiger partial charge < -0.3 is 0 Å². The molecule has 1 aliphatic rings. The number of likely N-dealkylation sites (tertiary alicyclic amines) is 1. The molecule has 0 aromatic carbocycles. The number of halogens is 1. The van der Waals surface area contributed by atoms with Gasteiger partial charge in [-0.2, -0.15) is 0 Å². The van der Waals surface area contributed by atoms with Crippen LogP contribution in [0.3, 0.4) is 0 Å². The summed E-state index contributed by atoms with van der Waals surface area (Å²) in [7, 11) is 0. The van der Waals surface area contributed by atoms with Crippen molar-refractivity contribution in [2.75, 3.05) is 13.1 Å². The SMILES string of the molecule is CC(=O)C1CCN(Cc2cncc(F)c2)CC1. The predicted molar refractivity (Wildman–Crippen MR) is 62.9 cm³/mol. The Labute approximate surface area is 101 Å². The van der Waals surface area contributed by atoms with Crippen molar-refractivity contribution >= 4 is 5.78 Å². The van der Waals surface area contributed by atoms with Gasteiger partial charge in [-0.1, -0.05) is 0 Å². The topological polar surface area (TPSA) is 33.2 Å². The van der Waals surface area contributed by atoms with Crippen LogP contribution in [0.1, 0.15) is 25.3 Å². The summed E-state index contributed by atoms with van der Waals surface area (Å²) in [4.78, 5) is 17.3. The molecule has 1 fully saturated rings. The van der Waals surface area contributed by atoms with E-state index in [1.165, 1.54) is 12.3 Å². The van der Waals surface area contributed by atoms with Crippen LogP contribution in [0.25, 0.3) is 0 Å². The first-order chi connectivity index (χ1) is 8.15. The second-order valence-electron chi connectivity index (χ2n) is 4.67. The maximum Gasteiger partial charge on any atom is 0.141 e. The Kier molecular flexibility index (Phi) is 3.84. The number of rotatable bonds is 3. The number of carbonyl (C=O) groups is 1. The van der Waals surface area contributed by atoms with E-state index in [0.717, 1.165) is 38.0 Å². The molecule has 0 unspecified atom stereocenters. The van der Waals surface area contributed by atoms with Crippen LogP contribution >= 0.6 is 0 Å². The van der Waals surface area contributed by atoms with Crippen molar-refractivity contribution in [3.05, 3.63) is 29.8 Å². The summed E-state index contributed by atoms with van der Waals surface area (Å²) in [6.45, 7) is 4.19. The fraction of sp³-hybridized carbons (Fsp3) is 0.538. The molecule has 0 atom stereocenters. The lowest BCUT2D eigenvalue weighted by Gasteiger charge is -2.30. The molecule has 0 spiro atoms. The van der Waals surface area contributed by atoms with Crippen molar-refractivity contribution in [2.24, 2.45) is 5.92 Å². The standard InChI is InChI=1S/C13H17FN2O/c1-10(17)12-2-4-16(5-3-12)9-11-6-13(14)8-15-7-11/h6-8,12H,2-5,9H2,1H3. The van der Waals surface area contributed by atoms with Crippen molar-refractivity contribution < 1.29 is 9.18 Å². The Hall–Kier alpha value is -1.29. The second-order valence-corrected chi connectivity index (χ2v) is 4.67. The number of nitrogens with zero attached hydrogens (tertiary/aromatic N) is 2. The average molecular weight is 236 g/mol. The van der Waals surface area contributed by atoms with Gasteiger partial charge in [-0.3, -0.25) is 14.7 Å². The number of Topliss-reactive ketones (excluding diaryl/α,β-unsaturated/α-hetero) is 1. The third-order valence-corrected chi connectivity index (χ3v) is 3.33. The highest BCUT2D eigenvalue weighted by Gasteiger charge is 2.22. The molecule has 0 N–H and O–H groups in total. The van der Waals surface area contributed by atoms with E-state index >= 15 is 0 Å². The van der Waals surface area contributed by atoms with Gasteiger partial charge in [-0.05, 0) is 44.5 Å². The smallest absolute Gasteiger partial charge is 0.141 e. The molecule has 2 rings (SSSR count). The van der Waals surface area contributed by atoms with Crippen LogP contribution in [0.5, 0.6) is 0 Å². The summed E-state index contributed by atoms with van der Waals surface area (Å²) < 4.78 is 13.0. The highest BCUT2D eigenvalue weighted by Crippen LogP contribution is 2.19. The molecule has 2 heterocycles. The molecule has 1 aromatic rings. The van der Waals surface area contributed by atoms with E-state index in [1.54, 1.807) is 13.1 Å². The van der Waals surface area contributed by atoms with Gasteiger partial charge in [0.2, 0.25) is 0 Å². The molecule has 1 saturated heterocycles. The number of hydrogen-bond donors (Lipinski definition) is 0. The summed E-state index contributed by atoms with van der Waals surface area (Å²) in [6, 6.07) is 1.52. The average Bonchev–Trinajstić information content (AvgIpc) is 2.29. The molecule has 17 heavy (non-hydrogen) atoms. The van der Waals surface area contributed by atoms with E-state index in [1.807, 2.05) is 0 Å². The molecule has 3 nitrogen and oxygen atoms in total. The lowest BCUT2D eigenvalue weighted by Crippen LogP contribution is -2.35. The van der Waals surface area contributed by atoms with Crippen LogP contribution < -0.4 is 0 Å². The fourth-order valence-corrected chi connectivity index (χ4v) is 2.30. The third kappa shape index (κ3) is 3.33. The molecule has 0 radical (unpaired) electrons. The van der Waals surface area contributed by atoms with E-state index < -0.39 is 0 Å². The number of pyridine rings is 1. The summed E-state index contributed by atoms with van der Waals surface area (Å²) in [5, 5.41) is 0. The van der Waals surface area contributed by atoms with Crippen LogP contribution in [-0.4, -0.2) is 28.8 Å². The highest BCUT2D eigenvalue weighted by molar-refractivity contribution is 5.78. The minimum Gasteiger partial charge on any atom is -0.300 e. The Morgan fingerprint density at radius 2 is 2.18 bits per heavy atom. The molecule has 92 valence electrons. The zero-order chi connectivity index (χ0) is 12.3. The molecule has 1 aliphatic heterocycles. The zero-order valence-electron chi connectivity index (χ0n) is 10.0. The van der Waals surface area contributed by atoms with Crippen molar-refractivity contribution in [3.8, 4) is 0 Å². The van der Waals surface area contributed by atoms with Gasteiger partial charge in [0, 0.05) is 18.7 Å². The zero-order valence-corrected chi connectivity index (χ0v) is 10.0. The van der Waals surface area contributed by atoms with Gasteiger partial charge >= 0.3 is 0 Å². The molecule has 4 heteroatoms. The Morgan fingerprint density at radius 1 is 1.47 bits per heavy atom. The second kappa shape index (κ2) is 5.36. The van der Waals surface area contributed by atoms with Crippen LogP contribution in [0.2, 0.25) is 0 Å². The van der Waals surface area contributed by atoms with Crippen LogP contribution in [0.15, 0.2) is 18.5 Å². The summed E-state index contributed by atoms with van der Waals surface area (Å²) in [5.41, 5.74) is 0.895. The largest absolute Gasteiger partial charge is 0.300 e. The van der Waals surface area contributed by atoms with Crippen molar-refractivity contribution in [1.29, 1.82) is 0 Å². The summed E-state index contributed by atoms with van der Waals surface area (Å²) in [5.74, 6) is 0.218. The maximum atomic E-state index is 13.0. The number of aromatic nitrogens is 1. The van der Waals surface area contributed by atoms with Gasteiger partial charge in [0.05, 0.1) is 6.20 Å². The van der Waals surface area contributed by atoms with Gasteiger partial charge in [-0.15, -0.1) is 0 Å². The number of carbonyl (C=O) groups excluding carboxylic acids is 1. The summed E-state index contributed by atoms with van der Waals surface area (Å²) >= 11 is 0. The minimum absolute atomic E-state index is 0.219. The number of hydrogen-bond acceptors (Lipinski definition) is 3. The Balaban J connectivity index is 1.88. The van der Waals surface area contributed by atoms with E-state index in [-0.39, 0.29) is 17.5 Å². The molecular weight excluding hydrogens is 219 g/mol. The lowest BCUT2D eigenvalue weighted by atomic mass is 9.93. The first-order valence-corrected chi connectivity index (χ1v) is 5.97. The summed E-state index contributed by atoms with van der Waals surface area (Å²) in [6.07, 6.45) is 4.74. The molecule has 0 aliphatic carbocycles. The van der Waals surface area contributed by atoms with E-state index in [4.69, 9.17) is 0 Å². The first-order valence-electron chi connectivity index (χ1n) is 5.97. The third-order valence-electron chi connectivity index (χ3n) is 3.33. The monoisotopic (exact) mass is 236 g/mol. The molecule has 0 bridgehead atoms. The van der Waals surface area contributed by atoms with Gasteiger partial charge in [0.15, 0.2) is 0 Å². The number of piperidine rings is 1. The fourth-order valence-electron chi connectivity index (χ4n) is 2.30. The van der Waals surface area contributed by atoms with Crippen LogP contribution in [0, 0.1) is 11.7 Å². The van der Waals surface area contributed by atoms with Crippen molar-refractivity contribution in [3.63, 3.8) is 0 Å². The Morgan fingerprint density at radius 3 is 2.76 bits per heavy atom. The molecular formula is C13H17FN2O. The highest BCUT2D eigenvalue weighted by atomic mass is 19.1. The van der Waals surface area contributed by atoms with Gasteiger partial charge in [-0.25, -0.2) is 4.39 Å². The molecule has 0 saturated carbocycles. The van der Waals surface area contributed by atoms with E-state index in [0.29, 0.717) is 0 Å². The molecule has 1 aromatic heterocycles.